The zero-order chi connectivity index (χ0) is 13.1. The first-order valence-corrected chi connectivity index (χ1v) is 6.76. The summed E-state index contributed by atoms with van der Waals surface area (Å²) in [5, 5.41) is 0. The van der Waals surface area contributed by atoms with Crippen molar-refractivity contribution in [3.63, 3.8) is 0 Å². The predicted molar refractivity (Wildman–Crippen MR) is 70.6 cm³/mol. The third-order valence-electron chi connectivity index (χ3n) is 3.83. The van der Waals surface area contributed by atoms with Crippen molar-refractivity contribution < 1.29 is 8.78 Å². The molecule has 0 radical (unpaired) electrons. The Labute approximate surface area is 108 Å². The molecule has 0 spiro atoms. The molecule has 2 unspecified atom stereocenters. The number of aryl methyl sites for hydroxylation is 1. The highest BCUT2D eigenvalue weighted by Crippen LogP contribution is 2.34. The van der Waals surface area contributed by atoms with Crippen LogP contribution in [-0.4, -0.2) is 0 Å². The van der Waals surface area contributed by atoms with Crippen molar-refractivity contribution in [2.75, 3.05) is 0 Å². The Bertz CT molecular complexity index is 449. The number of hydrogen-bond donors (Lipinski definition) is 0. The van der Waals surface area contributed by atoms with Gasteiger partial charge in [-0.1, -0.05) is 37.6 Å². The first-order valence-electron chi connectivity index (χ1n) is 6.76. The highest BCUT2D eigenvalue weighted by atomic mass is 19.2. The summed E-state index contributed by atoms with van der Waals surface area (Å²) in [5.41, 5.74) is 0.879. The second-order valence-corrected chi connectivity index (χ2v) is 5.22. The van der Waals surface area contributed by atoms with E-state index in [4.69, 9.17) is 0 Å². The minimum atomic E-state index is -0.698. The maximum Gasteiger partial charge on any atom is 0.162 e. The molecular weight excluding hydrogens is 230 g/mol. The Hall–Kier alpha value is -1.18. The fourth-order valence-corrected chi connectivity index (χ4v) is 2.70. The summed E-state index contributed by atoms with van der Waals surface area (Å²) < 4.78 is 27.4. The minimum Gasteiger partial charge on any atom is -0.203 e. The van der Waals surface area contributed by atoms with Crippen molar-refractivity contribution in [2.45, 2.75) is 45.4 Å². The third kappa shape index (κ3) is 2.63. The number of allylic oxidation sites excluding steroid dienone is 2. The van der Waals surface area contributed by atoms with Crippen molar-refractivity contribution in [1.29, 1.82) is 0 Å². The first kappa shape index (κ1) is 13.3. The SMILES string of the molecule is CCCC1C=CC(c2ccc(C)c(F)c2F)CC1. The lowest BCUT2D eigenvalue weighted by Crippen LogP contribution is -2.10. The van der Waals surface area contributed by atoms with Crippen LogP contribution in [0.4, 0.5) is 8.78 Å². The number of halogens is 2. The summed E-state index contributed by atoms with van der Waals surface area (Å²) in [7, 11) is 0. The summed E-state index contributed by atoms with van der Waals surface area (Å²) in [6.07, 6.45) is 8.58. The van der Waals surface area contributed by atoms with Gasteiger partial charge in [-0.3, -0.25) is 0 Å². The molecule has 0 bridgehead atoms. The zero-order valence-corrected chi connectivity index (χ0v) is 11.0. The predicted octanol–water partition coefficient (Wildman–Crippen LogP) is 5.12. The molecule has 1 aromatic rings. The number of rotatable bonds is 3. The molecule has 0 heterocycles. The number of benzene rings is 1. The van der Waals surface area contributed by atoms with Gasteiger partial charge in [0.2, 0.25) is 0 Å². The molecule has 2 atom stereocenters. The first-order chi connectivity index (χ1) is 8.63. The highest BCUT2D eigenvalue weighted by molar-refractivity contribution is 5.31. The van der Waals surface area contributed by atoms with Gasteiger partial charge >= 0.3 is 0 Å². The monoisotopic (exact) mass is 250 g/mol. The summed E-state index contributed by atoms with van der Waals surface area (Å²) in [5.74, 6) is -0.715. The Morgan fingerprint density at radius 2 is 1.89 bits per heavy atom. The second-order valence-electron chi connectivity index (χ2n) is 5.22. The van der Waals surface area contributed by atoms with Crippen LogP contribution in [0.1, 0.15) is 49.7 Å². The number of hydrogen-bond acceptors (Lipinski definition) is 0. The Kier molecular flexibility index (Phi) is 4.15. The standard InChI is InChI=1S/C16H20F2/c1-3-4-12-6-8-13(9-7-12)14-10-5-11(2)15(17)16(14)18/h5-6,8,10,12-13H,3-4,7,9H2,1-2H3. The molecule has 0 aromatic heterocycles. The van der Waals surface area contributed by atoms with E-state index in [9.17, 15) is 8.78 Å². The molecule has 98 valence electrons. The molecule has 0 N–H and O–H groups in total. The smallest absolute Gasteiger partial charge is 0.162 e. The van der Waals surface area contributed by atoms with Crippen LogP contribution < -0.4 is 0 Å². The van der Waals surface area contributed by atoms with E-state index < -0.39 is 11.6 Å². The lowest BCUT2D eigenvalue weighted by Gasteiger charge is -2.23. The summed E-state index contributed by atoms with van der Waals surface area (Å²) >= 11 is 0. The molecule has 0 amide bonds. The van der Waals surface area contributed by atoms with Crippen LogP contribution in [0.2, 0.25) is 0 Å². The molecular formula is C16H20F2. The van der Waals surface area contributed by atoms with E-state index in [1.807, 2.05) is 0 Å². The van der Waals surface area contributed by atoms with E-state index in [2.05, 4.69) is 19.1 Å². The van der Waals surface area contributed by atoms with Gasteiger partial charge < -0.3 is 0 Å². The average molecular weight is 250 g/mol. The molecule has 0 saturated carbocycles. The molecule has 2 heteroatoms. The topological polar surface area (TPSA) is 0 Å². The Morgan fingerprint density at radius 1 is 1.11 bits per heavy atom. The Morgan fingerprint density at radius 3 is 2.50 bits per heavy atom. The van der Waals surface area contributed by atoms with Crippen molar-refractivity contribution in [1.82, 2.24) is 0 Å². The molecule has 2 rings (SSSR count). The molecule has 18 heavy (non-hydrogen) atoms. The van der Waals surface area contributed by atoms with Crippen molar-refractivity contribution in [3.05, 3.63) is 47.0 Å². The van der Waals surface area contributed by atoms with E-state index in [1.54, 1.807) is 19.1 Å². The van der Waals surface area contributed by atoms with Gasteiger partial charge in [-0.05, 0) is 43.2 Å². The van der Waals surface area contributed by atoms with Crippen LogP contribution in [0.5, 0.6) is 0 Å². The minimum absolute atomic E-state index is 0.0354. The zero-order valence-electron chi connectivity index (χ0n) is 11.0. The van der Waals surface area contributed by atoms with Gasteiger partial charge in [0.05, 0.1) is 0 Å². The van der Waals surface area contributed by atoms with E-state index in [1.165, 1.54) is 12.8 Å². The molecule has 1 aliphatic carbocycles. The molecule has 0 fully saturated rings. The largest absolute Gasteiger partial charge is 0.203 e. The van der Waals surface area contributed by atoms with Crippen LogP contribution >= 0.6 is 0 Å². The molecule has 1 aromatic carbocycles. The summed E-state index contributed by atoms with van der Waals surface area (Å²) in [6.45, 7) is 3.77. The van der Waals surface area contributed by atoms with Gasteiger partial charge in [-0.2, -0.15) is 0 Å². The molecule has 0 saturated heterocycles. The van der Waals surface area contributed by atoms with Gasteiger partial charge in [0, 0.05) is 5.92 Å². The summed E-state index contributed by atoms with van der Waals surface area (Å²) in [4.78, 5) is 0. The van der Waals surface area contributed by atoms with Crippen LogP contribution in [-0.2, 0) is 0 Å². The van der Waals surface area contributed by atoms with E-state index >= 15 is 0 Å². The maximum atomic E-state index is 13.9. The highest BCUT2D eigenvalue weighted by Gasteiger charge is 2.21. The fraction of sp³-hybridized carbons (Fsp3) is 0.500. The average Bonchev–Trinajstić information content (AvgIpc) is 2.38. The van der Waals surface area contributed by atoms with Crippen molar-refractivity contribution >= 4 is 0 Å². The van der Waals surface area contributed by atoms with Gasteiger partial charge in [0.15, 0.2) is 11.6 Å². The second kappa shape index (κ2) is 5.64. The lowest BCUT2D eigenvalue weighted by molar-refractivity contribution is 0.454. The van der Waals surface area contributed by atoms with Gasteiger partial charge in [-0.15, -0.1) is 0 Å². The fourth-order valence-electron chi connectivity index (χ4n) is 2.70. The Balaban J connectivity index is 2.19. The van der Waals surface area contributed by atoms with Crippen LogP contribution in [0.15, 0.2) is 24.3 Å². The lowest BCUT2D eigenvalue weighted by atomic mass is 9.82. The van der Waals surface area contributed by atoms with E-state index in [-0.39, 0.29) is 5.92 Å². The van der Waals surface area contributed by atoms with Gasteiger partial charge in [0.25, 0.3) is 0 Å². The van der Waals surface area contributed by atoms with Crippen LogP contribution in [0.25, 0.3) is 0 Å². The van der Waals surface area contributed by atoms with Crippen molar-refractivity contribution in [2.24, 2.45) is 5.92 Å². The quantitative estimate of drug-likeness (QED) is 0.653. The van der Waals surface area contributed by atoms with Crippen LogP contribution in [0, 0.1) is 24.5 Å². The molecule has 1 aliphatic rings. The van der Waals surface area contributed by atoms with E-state index in [0.29, 0.717) is 17.0 Å². The maximum absolute atomic E-state index is 13.9. The molecule has 0 nitrogen and oxygen atoms in total. The van der Waals surface area contributed by atoms with Crippen molar-refractivity contribution in [3.8, 4) is 0 Å². The summed E-state index contributed by atoms with van der Waals surface area (Å²) in [6, 6.07) is 3.39. The molecule has 0 aliphatic heterocycles. The normalized spacial score (nSPS) is 23.3. The van der Waals surface area contributed by atoms with Gasteiger partial charge in [-0.25, -0.2) is 8.78 Å². The van der Waals surface area contributed by atoms with E-state index in [0.717, 1.165) is 12.8 Å². The third-order valence-corrected chi connectivity index (χ3v) is 3.83. The van der Waals surface area contributed by atoms with Crippen LogP contribution in [0.3, 0.4) is 0 Å². The van der Waals surface area contributed by atoms with Gasteiger partial charge in [0.1, 0.15) is 0 Å².